The lowest BCUT2D eigenvalue weighted by molar-refractivity contribution is 0.638. The minimum atomic E-state index is 0.282. The van der Waals surface area contributed by atoms with Crippen molar-refractivity contribution in [3.8, 4) is 27.9 Å². The zero-order valence-corrected chi connectivity index (χ0v) is 36.9. The molecule has 0 amide bonds. The van der Waals surface area contributed by atoms with E-state index in [-0.39, 0.29) is 5.92 Å². The SMILES string of the molecule is CC1C=C(c2ccc(N(c3ccccc3)c3ccc(-c4cccc5c4ccn5-c4ccccc4)cc3)cc2)C=CC1c1ccc(N(c2ccccc2)c2ccc(-c3ccccc3)cc2)cc1. The van der Waals surface area contributed by atoms with Gasteiger partial charge in [0.25, 0.3) is 0 Å². The molecule has 3 nitrogen and oxygen atoms in total. The zero-order chi connectivity index (χ0) is 44.2. The summed E-state index contributed by atoms with van der Waals surface area (Å²) >= 11 is 0. The summed E-state index contributed by atoms with van der Waals surface area (Å²) in [5.41, 5.74) is 17.7. The number of aromatic nitrogens is 1. The van der Waals surface area contributed by atoms with Crippen molar-refractivity contribution >= 4 is 50.6 Å². The number of hydrogen-bond donors (Lipinski definition) is 0. The molecular formula is C63H49N3. The van der Waals surface area contributed by atoms with Gasteiger partial charge in [-0.2, -0.15) is 0 Å². The van der Waals surface area contributed by atoms with Crippen LogP contribution in [0.3, 0.4) is 0 Å². The van der Waals surface area contributed by atoms with E-state index in [0.717, 1.165) is 39.8 Å². The second kappa shape index (κ2) is 18.0. The Morgan fingerprint density at radius 3 is 1.38 bits per heavy atom. The first-order chi connectivity index (χ1) is 32.6. The van der Waals surface area contributed by atoms with E-state index in [2.05, 4.69) is 288 Å². The van der Waals surface area contributed by atoms with Crippen LogP contribution in [0.1, 0.15) is 24.0 Å². The molecule has 0 aliphatic heterocycles. The van der Waals surface area contributed by atoms with E-state index < -0.39 is 0 Å². The Kier molecular flexibility index (Phi) is 11.0. The average molecular weight is 848 g/mol. The van der Waals surface area contributed by atoms with E-state index in [1.54, 1.807) is 0 Å². The summed E-state index contributed by atoms with van der Waals surface area (Å²) in [6.45, 7) is 2.33. The third-order valence-electron chi connectivity index (χ3n) is 13.0. The van der Waals surface area contributed by atoms with Crippen LogP contribution in [0, 0.1) is 5.92 Å². The van der Waals surface area contributed by atoms with Gasteiger partial charge in [-0.25, -0.2) is 0 Å². The predicted octanol–water partition coefficient (Wildman–Crippen LogP) is 17.3. The molecule has 2 unspecified atom stereocenters. The number of nitrogens with zero attached hydrogens (tertiary/aromatic N) is 3. The lowest BCUT2D eigenvalue weighted by Gasteiger charge is -2.28. The van der Waals surface area contributed by atoms with Gasteiger partial charge in [0, 0.05) is 57.3 Å². The van der Waals surface area contributed by atoms with E-state index >= 15 is 0 Å². The first-order valence-electron chi connectivity index (χ1n) is 22.9. The topological polar surface area (TPSA) is 11.4 Å². The fourth-order valence-electron chi connectivity index (χ4n) is 9.59. The lowest BCUT2D eigenvalue weighted by Crippen LogP contribution is -2.12. The Morgan fingerprint density at radius 2 is 0.833 bits per heavy atom. The van der Waals surface area contributed by atoms with E-state index in [9.17, 15) is 0 Å². The number of fused-ring (bicyclic) bond motifs is 1. The number of anilines is 6. The monoisotopic (exact) mass is 847 g/mol. The number of para-hydroxylation sites is 3. The van der Waals surface area contributed by atoms with Crippen LogP contribution in [-0.2, 0) is 0 Å². The molecule has 1 aliphatic rings. The summed E-state index contributed by atoms with van der Waals surface area (Å²) in [7, 11) is 0. The van der Waals surface area contributed by atoms with Crippen LogP contribution < -0.4 is 9.80 Å². The molecule has 0 fully saturated rings. The second-order valence-corrected chi connectivity index (χ2v) is 17.1. The molecule has 10 aromatic rings. The summed E-state index contributed by atoms with van der Waals surface area (Å²) in [6.07, 6.45) is 9.29. The zero-order valence-electron chi connectivity index (χ0n) is 36.9. The fourth-order valence-corrected chi connectivity index (χ4v) is 9.59. The summed E-state index contributed by atoms with van der Waals surface area (Å²) < 4.78 is 2.26. The highest BCUT2D eigenvalue weighted by molar-refractivity contribution is 5.97. The molecule has 0 saturated heterocycles. The molecule has 0 bridgehead atoms. The molecule has 316 valence electrons. The highest BCUT2D eigenvalue weighted by atomic mass is 15.1. The fraction of sp³-hybridized carbons (Fsp3) is 0.0476. The van der Waals surface area contributed by atoms with Crippen molar-refractivity contribution in [2.24, 2.45) is 5.92 Å². The minimum absolute atomic E-state index is 0.282. The molecule has 66 heavy (non-hydrogen) atoms. The van der Waals surface area contributed by atoms with Crippen LogP contribution in [0.5, 0.6) is 0 Å². The van der Waals surface area contributed by atoms with Crippen molar-refractivity contribution in [3.05, 3.63) is 278 Å². The third kappa shape index (κ3) is 8.04. The standard InChI is InChI=1S/C63H49N3/c1-46-45-52(33-42-60(46)50-29-38-58(39-30-50)65(54-19-10-4-11-20-54)56-34-25-48(26-35-56)47-15-6-2-7-16-47)49-27-36-57(37-28-49)66(55-21-12-5-13-22-55)59-40-31-51(32-41-59)61-23-14-24-63-62(61)43-44-64(63)53-17-8-3-9-18-53/h2-46,60H,1H3. The van der Waals surface area contributed by atoms with Gasteiger partial charge in [-0.1, -0.05) is 171 Å². The minimum Gasteiger partial charge on any atom is -0.317 e. The maximum absolute atomic E-state index is 2.43. The molecule has 1 aliphatic carbocycles. The molecular weight excluding hydrogens is 799 g/mol. The quantitative estimate of drug-likeness (QED) is 0.128. The van der Waals surface area contributed by atoms with E-state index in [0.29, 0.717) is 5.92 Å². The number of benzene rings is 9. The molecule has 3 heteroatoms. The molecule has 0 saturated carbocycles. The summed E-state index contributed by atoms with van der Waals surface area (Å²) in [6, 6.07) is 87.2. The van der Waals surface area contributed by atoms with Crippen molar-refractivity contribution in [2.75, 3.05) is 9.80 Å². The Labute approximate surface area is 388 Å². The van der Waals surface area contributed by atoms with Gasteiger partial charge in [-0.3, -0.25) is 0 Å². The normalized spacial score (nSPS) is 14.5. The van der Waals surface area contributed by atoms with Gasteiger partial charge in [-0.15, -0.1) is 0 Å². The van der Waals surface area contributed by atoms with Crippen LogP contribution in [0.4, 0.5) is 34.1 Å². The molecule has 2 atom stereocenters. The molecule has 0 N–H and O–H groups in total. The highest BCUT2D eigenvalue weighted by Crippen LogP contribution is 2.41. The van der Waals surface area contributed by atoms with Crippen molar-refractivity contribution in [1.82, 2.24) is 4.57 Å². The van der Waals surface area contributed by atoms with E-state index in [1.165, 1.54) is 49.9 Å². The first kappa shape index (κ1) is 40.4. The molecule has 1 heterocycles. The summed E-state index contributed by atoms with van der Waals surface area (Å²) in [4.78, 5) is 4.67. The number of hydrogen-bond acceptors (Lipinski definition) is 2. The Morgan fingerprint density at radius 1 is 0.379 bits per heavy atom. The summed E-state index contributed by atoms with van der Waals surface area (Å²) in [5.74, 6) is 0.609. The molecule has 1 aromatic heterocycles. The van der Waals surface area contributed by atoms with Crippen LogP contribution in [0.25, 0.3) is 44.4 Å². The van der Waals surface area contributed by atoms with E-state index in [4.69, 9.17) is 0 Å². The number of allylic oxidation sites excluding steroid dienone is 4. The van der Waals surface area contributed by atoms with Crippen LogP contribution in [0.2, 0.25) is 0 Å². The van der Waals surface area contributed by atoms with Gasteiger partial charge < -0.3 is 14.4 Å². The Balaban J connectivity index is 0.820. The molecule has 11 rings (SSSR count). The third-order valence-corrected chi connectivity index (χ3v) is 13.0. The van der Waals surface area contributed by atoms with Crippen LogP contribution >= 0.6 is 0 Å². The average Bonchev–Trinajstić information content (AvgIpc) is 3.83. The van der Waals surface area contributed by atoms with Crippen molar-refractivity contribution in [3.63, 3.8) is 0 Å². The van der Waals surface area contributed by atoms with Crippen LogP contribution in [-0.4, -0.2) is 4.57 Å². The van der Waals surface area contributed by atoms with Gasteiger partial charge in [0.15, 0.2) is 0 Å². The number of rotatable bonds is 11. The van der Waals surface area contributed by atoms with Crippen molar-refractivity contribution < 1.29 is 0 Å². The van der Waals surface area contributed by atoms with Gasteiger partial charge >= 0.3 is 0 Å². The molecule has 9 aromatic carbocycles. The van der Waals surface area contributed by atoms with Gasteiger partial charge in [0.2, 0.25) is 0 Å². The Hall–Kier alpha value is -8.40. The van der Waals surface area contributed by atoms with Gasteiger partial charge in [0.1, 0.15) is 0 Å². The van der Waals surface area contributed by atoms with E-state index in [1.807, 2.05) is 0 Å². The largest absolute Gasteiger partial charge is 0.317 e. The maximum Gasteiger partial charge on any atom is 0.0534 e. The van der Waals surface area contributed by atoms with Crippen molar-refractivity contribution in [1.29, 1.82) is 0 Å². The van der Waals surface area contributed by atoms with Gasteiger partial charge in [0.05, 0.1) is 5.52 Å². The first-order valence-corrected chi connectivity index (χ1v) is 22.9. The molecule has 0 radical (unpaired) electrons. The highest BCUT2D eigenvalue weighted by Gasteiger charge is 2.22. The Bertz CT molecular complexity index is 3260. The van der Waals surface area contributed by atoms with Crippen molar-refractivity contribution in [2.45, 2.75) is 12.8 Å². The predicted molar refractivity (Wildman–Crippen MR) is 279 cm³/mol. The van der Waals surface area contributed by atoms with Crippen LogP contribution in [0.15, 0.2) is 267 Å². The lowest BCUT2D eigenvalue weighted by atomic mass is 9.81. The summed E-state index contributed by atoms with van der Waals surface area (Å²) in [5, 5.41) is 1.24. The van der Waals surface area contributed by atoms with Gasteiger partial charge in [-0.05, 0) is 142 Å². The maximum atomic E-state index is 2.43. The second-order valence-electron chi connectivity index (χ2n) is 17.1. The molecule has 0 spiro atoms. The smallest absolute Gasteiger partial charge is 0.0534 e.